The highest BCUT2D eigenvalue weighted by molar-refractivity contribution is 7.07. The average Bonchev–Trinajstić information content (AvgIpc) is 2.88. The van der Waals surface area contributed by atoms with Gasteiger partial charge in [-0.2, -0.15) is 0 Å². The van der Waals surface area contributed by atoms with Crippen LogP contribution in [0.1, 0.15) is 16.1 Å². The number of carbonyl (C=O) groups excluding carboxylic acids is 1. The third-order valence-corrected chi connectivity index (χ3v) is 2.97. The van der Waals surface area contributed by atoms with Gasteiger partial charge in [0.05, 0.1) is 29.0 Å². The van der Waals surface area contributed by atoms with Crippen molar-refractivity contribution < 1.29 is 4.79 Å². The Morgan fingerprint density at radius 3 is 3.13 bits per heavy atom. The van der Waals surface area contributed by atoms with Crippen LogP contribution >= 0.6 is 11.3 Å². The first-order valence-electron chi connectivity index (χ1n) is 4.51. The van der Waals surface area contributed by atoms with Gasteiger partial charge >= 0.3 is 0 Å². The molecule has 0 aromatic carbocycles. The number of amides is 1. The van der Waals surface area contributed by atoms with Gasteiger partial charge in [-0.3, -0.25) is 9.78 Å². The standard InChI is InChI=1S/C10H7N3OS/c14-10-9-6(8-4-15-5-13-8)1-2-11-7(9)3-12-10/h1-2,4-5H,3H2,(H,12,14). The minimum atomic E-state index is -0.0545. The molecule has 74 valence electrons. The van der Waals surface area contributed by atoms with Crippen LogP contribution in [0.4, 0.5) is 0 Å². The maximum atomic E-state index is 11.6. The predicted molar refractivity (Wildman–Crippen MR) is 56.5 cm³/mol. The molecule has 3 rings (SSSR count). The number of thiazole rings is 1. The second kappa shape index (κ2) is 3.13. The zero-order chi connectivity index (χ0) is 10.3. The van der Waals surface area contributed by atoms with Gasteiger partial charge in [-0.1, -0.05) is 0 Å². The van der Waals surface area contributed by atoms with Gasteiger partial charge in [0.15, 0.2) is 0 Å². The maximum Gasteiger partial charge on any atom is 0.254 e. The van der Waals surface area contributed by atoms with Gasteiger partial charge in [0.25, 0.3) is 5.91 Å². The molecule has 0 unspecified atom stereocenters. The van der Waals surface area contributed by atoms with E-state index < -0.39 is 0 Å². The van der Waals surface area contributed by atoms with Crippen LogP contribution in [-0.4, -0.2) is 15.9 Å². The third-order valence-electron chi connectivity index (χ3n) is 2.38. The second-order valence-corrected chi connectivity index (χ2v) is 3.96. The van der Waals surface area contributed by atoms with E-state index in [4.69, 9.17) is 0 Å². The first kappa shape index (κ1) is 8.55. The number of nitrogens with zero attached hydrogens (tertiary/aromatic N) is 2. The fourth-order valence-corrected chi connectivity index (χ4v) is 2.26. The minimum Gasteiger partial charge on any atom is -0.346 e. The lowest BCUT2D eigenvalue weighted by molar-refractivity contribution is 0.0966. The number of hydrogen-bond acceptors (Lipinski definition) is 4. The lowest BCUT2D eigenvalue weighted by Crippen LogP contribution is -2.13. The van der Waals surface area contributed by atoms with Gasteiger partial charge in [0, 0.05) is 17.1 Å². The number of hydrogen-bond donors (Lipinski definition) is 1. The molecule has 0 saturated heterocycles. The van der Waals surface area contributed by atoms with Crippen molar-refractivity contribution in [2.75, 3.05) is 0 Å². The van der Waals surface area contributed by atoms with E-state index in [9.17, 15) is 4.79 Å². The Morgan fingerprint density at radius 2 is 2.33 bits per heavy atom. The van der Waals surface area contributed by atoms with Crippen molar-refractivity contribution >= 4 is 17.2 Å². The van der Waals surface area contributed by atoms with Crippen molar-refractivity contribution in [2.45, 2.75) is 6.54 Å². The van der Waals surface area contributed by atoms with Crippen LogP contribution in [0, 0.1) is 0 Å². The number of nitrogens with one attached hydrogen (secondary N) is 1. The summed E-state index contributed by atoms with van der Waals surface area (Å²) in [6, 6.07) is 1.83. The van der Waals surface area contributed by atoms with Crippen molar-refractivity contribution in [3.05, 3.63) is 34.4 Å². The van der Waals surface area contributed by atoms with Crippen LogP contribution in [0.3, 0.4) is 0 Å². The van der Waals surface area contributed by atoms with E-state index >= 15 is 0 Å². The van der Waals surface area contributed by atoms with E-state index in [0.717, 1.165) is 17.0 Å². The van der Waals surface area contributed by atoms with Gasteiger partial charge in [0.1, 0.15) is 0 Å². The Kier molecular flexibility index (Phi) is 1.78. The van der Waals surface area contributed by atoms with E-state index in [1.807, 2.05) is 11.4 Å². The molecule has 1 N–H and O–H groups in total. The lowest BCUT2D eigenvalue weighted by Gasteiger charge is -2.01. The number of carbonyl (C=O) groups is 1. The number of aromatic nitrogens is 2. The Labute approximate surface area is 90.0 Å². The highest BCUT2D eigenvalue weighted by Crippen LogP contribution is 2.27. The Morgan fingerprint density at radius 1 is 1.40 bits per heavy atom. The highest BCUT2D eigenvalue weighted by atomic mass is 32.1. The van der Waals surface area contributed by atoms with E-state index in [1.165, 1.54) is 11.3 Å². The largest absolute Gasteiger partial charge is 0.346 e. The third kappa shape index (κ3) is 1.24. The molecular weight excluding hydrogens is 210 g/mol. The van der Waals surface area contributed by atoms with Crippen molar-refractivity contribution in [2.24, 2.45) is 0 Å². The molecule has 1 aliphatic rings. The van der Waals surface area contributed by atoms with E-state index in [-0.39, 0.29) is 5.91 Å². The molecule has 2 aromatic rings. The van der Waals surface area contributed by atoms with Gasteiger partial charge in [0.2, 0.25) is 0 Å². The summed E-state index contributed by atoms with van der Waals surface area (Å²) in [6.45, 7) is 0.520. The molecule has 0 aliphatic carbocycles. The maximum absolute atomic E-state index is 11.6. The first-order valence-corrected chi connectivity index (χ1v) is 5.45. The summed E-state index contributed by atoms with van der Waals surface area (Å²) in [7, 11) is 0. The number of rotatable bonds is 1. The molecule has 0 fully saturated rings. The molecular formula is C10H7N3OS. The zero-order valence-corrected chi connectivity index (χ0v) is 8.54. The van der Waals surface area contributed by atoms with Crippen molar-refractivity contribution in [3.63, 3.8) is 0 Å². The first-order chi connectivity index (χ1) is 7.36. The topological polar surface area (TPSA) is 54.9 Å². The minimum absolute atomic E-state index is 0.0545. The van der Waals surface area contributed by atoms with Crippen molar-refractivity contribution in [1.29, 1.82) is 0 Å². The normalized spacial score (nSPS) is 13.7. The lowest BCUT2D eigenvalue weighted by atomic mass is 10.1. The summed E-state index contributed by atoms with van der Waals surface area (Å²) in [5.74, 6) is -0.0545. The molecule has 0 bridgehead atoms. The molecule has 1 aliphatic heterocycles. The Hall–Kier alpha value is -1.75. The van der Waals surface area contributed by atoms with E-state index in [0.29, 0.717) is 12.1 Å². The van der Waals surface area contributed by atoms with Gasteiger partial charge in [-0.25, -0.2) is 4.98 Å². The van der Waals surface area contributed by atoms with E-state index in [2.05, 4.69) is 15.3 Å². The van der Waals surface area contributed by atoms with Crippen LogP contribution in [0.5, 0.6) is 0 Å². The van der Waals surface area contributed by atoms with Crippen LogP contribution in [0.2, 0.25) is 0 Å². The van der Waals surface area contributed by atoms with Crippen LogP contribution < -0.4 is 5.32 Å². The van der Waals surface area contributed by atoms with Gasteiger partial charge in [-0.05, 0) is 6.07 Å². The molecule has 0 spiro atoms. The number of fused-ring (bicyclic) bond motifs is 1. The average molecular weight is 217 g/mol. The van der Waals surface area contributed by atoms with Gasteiger partial charge in [-0.15, -0.1) is 11.3 Å². The SMILES string of the molecule is O=C1NCc2nccc(-c3cscn3)c21. The second-order valence-electron chi connectivity index (χ2n) is 3.24. The fourth-order valence-electron chi connectivity index (χ4n) is 1.70. The smallest absolute Gasteiger partial charge is 0.254 e. The molecule has 2 aromatic heterocycles. The highest BCUT2D eigenvalue weighted by Gasteiger charge is 2.24. The molecule has 5 heteroatoms. The van der Waals surface area contributed by atoms with Crippen LogP contribution in [0.25, 0.3) is 11.3 Å². The molecule has 0 atom stereocenters. The van der Waals surface area contributed by atoms with Gasteiger partial charge < -0.3 is 5.32 Å². The molecule has 3 heterocycles. The summed E-state index contributed by atoms with van der Waals surface area (Å²) in [5.41, 5.74) is 4.95. The molecule has 1 amide bonds. The summed E-state index contributed by atoms with van der Waals surface area (Å²) in [5, 5.41) is 4.69. The quantitative estimate of drug-likeness (QED) is 0.786. The number of pyridine rings is 1. The van der Waals surface area contributed by atoms with Crippen LogP contribution in [-0.2, 0) is 6.54 Å². The summed E-state index contributed by atoms with van der Waals surface area (Å²) in [4.78, 5) is 20.0. The van der Waals surface area contributed by atoms with E-state index in [1.54, 1.807) is 11.7 Å². The molecule has 4 nitrogen and oxygen atoms in total. The summed E-state index contributed by atoms with van der Waals surface area (Å²) >= 11 is 1.52. The zero-order valence-electron chi connectivity index (χ0n) is 7.73. The fraction of sp³-hybridized carbons (Fsp3) is 0.100. The van der Waals surface area contributed by atoms with Crippen molar-refractivity contribution in [3.8, 4) is 11.3 Å². The monoisotopic (exact) mass is 217 g/mol. The molecule has 0 saturated carbocycles. The van der Waals surface area contributed by atoms with Crippen LogP contribution in [0.15, 0.2) is 23.2 Å². The summed E-state index contributed by atoms with van der Waals surface area (Å²) in [6.07, 6.45) is 1.72. The molecule has 15 heavy (non-hydrogen) atoms. The Balaban J connectivity index is 2.26. The molecule has 0 radical (unpaired) electrons. The Bertz CT molecular complexity index is 521. The van der Waals surface area contributed by atoms with Crippen molar-refractivity contribution in [1.82, 2.24) is 15.3 Å². The predicted octanol–water partition coefficient (Wildman–Crippen LogP) is 1.45. The summed E-state index contributed by atoms with van der Waals surface area (Å²) < 4.78 is 0.